The molecule has 2 atom stereocenters. The molecule has 96 valence electrons. The number of rotatable bonds is 8. The van der Waals surface area contributed by atoms with E-state index in [2.05, 4.69) is 5.32 Å². The minimum atomic E-state index is -0.564. The Morgan fingerprint density at radius 2 is 2.12 bits per heavy atom. The summed E-state index contributed by atoms with van der Waals surface area (Å²) in [5.74, 6) is 0.175. The zero-order chi connectivity index (χ0) is 12.6. The largest absolute Gasteiger partial charge is 0.391 e. The number of aliphatic hydroxyl groups is 1. The third-order valence-electron chi connectivity index (χ3n) is 2.23. The number of nitrogens with one attached hydrogen (secondary N) is 1. The third kappa shape index (κ3) is 7.62. The van der Waals surface area contributed by atoms with E-state index in [1.165, 1.54) is 0 Å². The van der Waals surface area contributed by atoms with Crippen LogP contribution in [0.4, 0.5) is 0 Å². The highest BCUT2D eigenvalue weighted by Gasteiger charge is 2.14. The van der Waals surface area contributed by atoms with Gasteiger partial charge >= 0.3 is 0 Å². The lowest BCUT2D eigenvalue weighted by Crippen LogP contribution is -2.44. The molecule has 0 aromatic carbocycles. The van der Waals surface area contributed by atoms with Gasteiger partial charge in [-0.15, -0.1) is 0 Å². The van der Waals surface area contributed by atoms with Gasteiger partial charge in [0.2, 0.25) is 5.91 Å². The number of aliphatic hydroxyl groups excluding tert-OH is 1. The van der Waals surface area contributed by atoms with E-state index in [1.54, 1.807) is 7.11 Å². The first-order valence-corrected chi connectivity index (χ1v) is 5.67. The minimum absolute atomic E-state index is 0.236. The van der Waals surface area contributed by atoms with Gasteiger partial charge in [0.05, 0.1) is 12.1 Å². The van der Waals surface area contributed by atoms with Crippen molar-refractivity contribution in [2.24, 2.45) is 11.7 Å². The maximum absolute atomic E-state index is 11.4. The van der Waals surface area contributed by atoms with E-state index < -0.39 is 12.1 Å². The molecule has 5 heteroatoms. The van der Waals surface area contributed by atoms with Crippen LogP contribution in [0.25, 0.3) is 0 Å². The highest BCUT2D eigenvalue weighted by molar-refractivity contribution is 5.81. The molecule has 0 aliphatic carbocycles. The Hall–Kier alpha value is -0.650. The highest BCUT2D eigenvalue weighted by atomic mass is 16.5. The predicted molar refractivity (Wildman–Crippen MR) is 62.9 cm³/mol. The predicted octanol–water partition coefficient (Wildman–Crippen LogP) is -0.127. The van der Waals surface area contributed by atoms with Crippen molar-refractivity contribution in [2.75, 3.05) is 20.3 Å². The smallest absolute Gasteiger partial charge is 0.237 e. The fraction of sp³-hybridized carbons (Fsp3) is 0.909. The molecule has 0 saturated carbocycles. The van der Waals surface area contributed by atoms with Crippen LogP contribution < -0.4 is 11.1 Å². The second kappa shape index (κ2) is 8.50. The van der Waals surface area contributed by atoms with Gasteiger partial charge in [0.25, 0.3) is 0 Å². The van der Waals surface area contributed by atoms with Crippen molar-refractivity contribution < 1.29 is 14.6 Å². The van der Waals surface area contributed by atoms with Gasteiger partial charge in [-0.3, -0.25) is 4.79 Å². The summed E-state index contributed by atoms with van der Waals surface area (Å²) >= 11 is 0. The second-order valence-corrected chi connectivity index (χ2v) is 4.42. The van der Waals surface area contributed by atoms with Crippen molar-refractivity contribution in [1.29, 1.82) is 0 Å². The van der Waals surface area contributed by atoms with E-state index in [4.69, 9.17) is 10.5 Å². The molecule has 0 heterocycles. The zero-order valence-corrected chi connectivity index (χ0v) is 10.4. The standard InChI is InChI=1S/C11H24N2O3/c1-8(2)6-9(14)7-13-11(15)10(12)4-5-16-3/h8-10,14H,4-7,12H2,1-3H3,(H,13,15). The Morgan fingerprint density at radius 1 is 1.50 bits per heavy atom. The number of carbonyl (C=O) groups excluding carboxylic acids is 1. The normalized spacial score (nSPS) is 14.9. The van der Waals surface area contributed by atoms with Gasteiger partial charge in [0.1, 0.15) is 0 Å². The molecule has 0 spiro atoms. The molecule has 5 nitrogen and oxygen atoms in total. The summed E-state index contributed by atoms with van der Waals surface area (Å²) in [6.07, 6.45) is 0.662. The second-order valence-electron chi connectivity index (χ2n) is 4.42. The van der Waals surface area contributed by atoms with Gasteiger partial charge in [-0.05, 0) is 18.8 Å². The summed E-state index contributed by atoms with van der Waals surface area (Å²) in [7, 11) is 1.57. The van der Waals surface area contributed by atoms with Crippen molar-refractivity contribution in [2.45, 2.75) is 38.8 Å². The Bertz CT molecular complexity index is 198. The van der Waals surface area contributed by atoms with Gasteiger partial charge < -0.3 is 20.9 Å². The monoisotopic (exact) mass is 232 g/mol. The van der Waals surface area contributed by atoms with Crippen LogP contribution in [0.1, 0.15) is 26.7 Å². The van der Waals surface area contributed by atoms with Gasteiger partial charge in [-0.2, -0.15) is 0 Å². The van der Waals surface area contributed by atoms with E-state index in [1.807, 2.05) is 13.8 Å². The highest BCUT2D eigenvalue weighted by Crippen LogP contribution is 2.03. The molecule has 0 bridgehead atoms. The number of amides is 1. The molecule has 0 aliphatic heterocycles. The van der Waals surface area contributed by atoms with Gasteiger partial charge in [0.15, 0.2) is 0 Å². The van der Waals surface area contributed by atoms with E-state index in [0.717, 1.165) is 0 Å². The van der Waals surface area contributed by atoms with Crippen molar-refractivity contribution in [3.63, 3.8) is 0 Å². The third-order valence-corrected chi connectivity index (χ3v) is 2.23. The van der Waals surface area contributed by atoms with Crippen LogP contribution in [0.5, 0.6) is 0 Å². The van der Waals surface area contributed by atoms with E-state index in [0.29, 0.717) is 25.4 Å². The SMILES string of the molecule is COCCC(N)C(=O)NCC(O)CC(C)C. The molecular weight excluding hydrogens is 208 g/mol. The Balaban J connectivity index is 3.70. The average Bonchev–Trinajstić information content (AvgIpc) is 2.21. The van der Waals surface area contributed by atoms with Crippen LogP contribution >= 0.6 is 0 Å². The molecule has 16 heavy (non-hydrogen) atoms. The molecule has 0 aliphatic rings. The molecule has 0 rings (SSSR count). The molecule has 0 aromatic heterocycles. The Labute approximate surface area is 97.3 Å². The molecule has 0 fully saturated rings. The first-order chi connectivity index (χ1) is 7.47. The summed E-state index contributed by atoms with van der Waals surface area (Å²) in [6, 6.07) is -0.564. The maximum Gasteiger partial charge on any atom is 0.237 e. The van der Waals surface area contributed by atoms with Gasteiger partial charge in [-0.25, -0.2) is 0 Å². The fourth-order valence-electron chi connectivity index (χ4n) is 1.35. The fourth-order valence-corrected chi connectivity index (χ4v) is 1.35. The number of carbonyl (C=O) groups is 1. The number of ether oxygens (including phenoxy) is 1. The molecule has 4 N–H and O–H groups in total. The van der Waals surface area contributed by atoms with Crippen LogP contribution in [0.2, 0.25) is 0 Å². The quantitative estimate of drug-likeness (QED) is 0.544. The lowest BCUT2D eigenvalue weighted by atomic mass is 10.1. The van der Waals surface area contributed by atoms with Crippen molar-refractivity contribution >= 4 is 5.91 Å². The first kappa shape index (κ1) is 15.3. The number of hydrogen-bond donors (Lipinski definition) is 3. The number of nitrogens with two attached hydrogens (primary N) is 1. The Morgan fingerprint density at radius 3 is 2.62 bits per heavy atom. The van der Waals surface area contributed by atoms with E-state index in [-0.39, 0.29) is 12.5 Å². The van der Waals surface area contributed by atoms with E-state index in [9.17, 15) is 9.90 Å². The summed E-state index contributed by atoms with van der Waals surface area (Å²) in [4.78, 5) is 11.4. The van der Waals surface area contributed by atoms with Crippen molar-refractivity contribution in [1.82, 2.24) is 5.32 Å². The molecule has 0 saturated heterocycles. The van der Waals surface area contributed by atoms with Gasteiger partial charge in [0, 0.05) is 20.3 Å². The number of methoxy groups -OCH3 is 1. The zero-order valence-electron chi connectivity index (χ0n) is 10.4. The van der Waals surface area contributed by atoms with Crippen molar-refractivity contribution in [3.8, 4) is 0 Å². The van der Waals surface area contributed by atoms with Crippen LogP contribution in [0.3, 0.4) is 0 Å². The van der Waals surface area contributed by atoms with Crippen LogP contribution in [0.15, 0.2) is 0 Å². The summed E-state index contributed by atoms with van der Waals surface area (Å²) in [6.45, 7) is 4.77. The topological polar surface area (TPSA) is 84.6 Å². The molecule has 0 aromatic rings. The maximum atomic E-state index is 11.4. The van der Waals surface area contributed by atoms with Crippen LogP contribution in [-0.2, 0) is 9.53 Å². The number of hydrogen-bond acceptors (Lipinski definition) is 4. The lowest BCUT2D eigenvalue weighted by Gasteiger charge is -2.16. The van der Waals surface area contributed by atoms with Crippen molar-refractivity contribution in [3.05, 3.63) is 0 Å². The molecular formula is C11H24N2O3. The lowest BCUT2D eigenvalue weighted by molar-refractivity contribution is -0.123. The van der Waals surface area contributed by atoms with Gasteiger partial charge in [-0.1, -0.05) is 13.8 Å². The average molecular weight is 232 g/mol. The molecule has 1 amide bonds. The van der Waals surface area contributed by atoms with Crippen LogP contribution in [-0.4, -0.2) is 43.4 Å². The Kier molecular flexibility index (Phi) is 8.15. The minimum Gasteiger partial charge on any atom is -0.391 e. The van der Waals surface area contributed by atoms with Crippen LogP contribution in [0, 0.1) is 5.92 Å². The van der Waals surface area contributed by atoms with E-state index >= 15 is 0 Å². The summed E-state index contributed by atoms with van der Waals surface area (Å²) < 4.78 is 4.83. The summed E-state index contributed by atoms with van der Waals surface area (Å²) in [5, 5.41) is 12.2. The first-order valence-electron chi connectivity index (χ1n) is 5.67. The molecule has 2 unspecified atom stereocenters. The summed E-state index contributed by atoms with van der Waals surface area (Å²) in [5.41, 5.74) is 5.62. The molecule has 0 radical (unpaired) electrons.